The number of aromatic hydroxyl groups is 1. The van der Waals surface area contributed by atoms with Crippen molar-refractivity contribution in [2.75, 3.05) is 26.3 Å². The first-order chi connectivity index (χ1) is 18.7. The van der Waals surface area contributed by atoms with E-state index in [1.165, 1.54) is 24.5 Å². The monoisotopic (exact) mass is 531 g/mol. The molecule has 0 bridgehead atoms. The maximum Gasteiger partial charge on any atom is 0.252 e. The van der Waals surface area contributed by atoms with Crippen molar-refractivity contribution in [1.29, 1.82) is 0 Å². The predicted molar refractivity (Wildman–Crippen MR) is 149 cm³/mol. The van der Waals surface area contributed by atoms with Gasteiger partial charge in [-0.05, 0) is 47.1 Å². The minimum Gasteiger partial charge on any atom is -0.619 e. The Morgan fingerprint density at radius 2 is 1.79 bits per heavy atom. The van der Waals surface area contributed by atoms with Crippen LogP contribution in [0, 0.1) is 5.21 Å². The number of aromatic nitrogens is 1. The highest BCUT2D eigenvalue weighted by atomic mass is 16.5. The van der Waals surface area contributed by atoms with Gasteiger partial charge in [-0.2, -0.15) is 4.73 Å². The molecule has 1 aliphatic rings. The molecule has 8 nitrogen and oxygen atoms in total. The summed E-state index contributed by atoms with van der Waals surface area (Å²) in [6.07, 6.45) is 5.82. The number of benzene rings is 2. The van der Waals surface area contributed by atoms with Crippen LogP contribution in [-0.2, 0) is 21.5 Å². The van der Waals surface area contributed by atoms with E-state index >= 15 is 0 Å². The lowest BCUT2D eigenvalue weighted by Crippen LogP contribution is -2.40. The second-order valence-electron chi connectivity index (χ2n) is 10.6. The standard InChI is InChI=1S/C31H37N3O5/c1-31(2,13-4-3-8-29(36)33-16-18-39-19-17-33)26-9-10-27(28(35)21-26)25-7-5-6-23(20-25)22-32-30(37)24-11-14-34(38)15-12-24/h5-7,9-12,14-15,20-21,35H,3-4,8,13,16-19,22H2,1-2H3,(H,32,37). The summed E-state index contributed by atoms with van der Waals surface area (Å²) in [6, 6.07) is 16.5. The fourth-order valence-electron chi connectivity index (χ4n) is 4.85. The molecule has 8 heteroatoms. The van der Waals surface area contributed by atoms with E-state index in [1.54, 1.807) is 0 Å². The molecule has 0 saturated carbocycles. The minimum absolute atomic E-state index is 0.146. The van der Waals surface area contributed by atoms with Crippen molar-refractivity contribution < 1.29 is 24.2 Å². The molecule has 1 saturated heterocycles. The van der Waals surface area contributed by atoms with E-state index in [1.807, 2.05) is 41.3 Å². The van der Waals surface area contributed by atoms with Gasteiger partial charge in [0.15, 0.2) is 12.4 Å². The Morgan fingerprint density at radius 3 is 2.51 bits per heavy atom. The van der Waals surface area contributed by atoms with E-state index in [4.69, 9.17) is 4.74 Å². The van der Waals surface area contributed by atoms with E-state index in [2.05, 4.69) is 25.2 Å². The summed E-state index contributed by atoms with van der Waals surface area (Å²) in [4.78, 5) is 26.7. The molecule has 39 heavy (non-hydrogen) atoms. The molecule has 4 rings (SSSR count). The summed E-state index contributed by atoms with van der Waals surface area (Å²) in [5.41, 5.74) is 3.80. The van der Waals surface area contributed by atoms with E-state index < -0.39 is 0 Å². The van der Waals surface area contributed by atoms with Gasteiger partial charge >= 0.3 is 0 Å². The Balaban J connectivity index is 1.33. The molecule has 0 unspecified atom stereocenters. The molecular weight excluding hydrogens is 494 g/mol. The van der Waals surface area contributed by atoms with Gasteiger partial charge in [0.1, 0.15) is 5.75 Å². The zero-order valence-corrected chi connectivity index (χ0v) is 22.7. The van der Waals surface area contributed by atoms with Crippen molar-refractivity contribution in [1.82, 2.24) is 10.2 Å². The lowest BCUT2D eigenvalue weighted by Gasteiger charge is -2.28. The Bertz CT molecular complexity index is 1280. The fourth-order valence-corrected chi connectivity index (χ4v) is 4.85. The quantitative estimate of drug-likeness (QED) is 0.230. The Hall–Kier alpha value is -3.91. The Kier molecular flexibility index (Phi) is 9.19. The molecule has 2 N–H and O–H groups in total. The first-order valence-corrected chi connectivity index (χ1v) is 13.5. The highest BCUT2D eigenvalue weighted by Crippen LogP contribution is 2.36. The second kappa shape index (κ2) is 12.8. The highest BCUT2D eigenvalue weighted by Gasteiger charge is 2.23. The molecule has 1 fully saturated rings. The SMILES string of the molecule is CC(C)(CCCCC(=O)N1CCOCC1)c1ccc(-c2cccc(CNC(=O)c3cc[n+]([O-])cc3)c2)c(O)c1. The Morgan fingerprint density at radius 1 is 1.05 bits per heavy atom. The van der Waals surface area contributed by atoms with Crippen LogP contribution in [0.1, 0.15) is 61.0 Å². The van der Waals surface area contributed by atoms with E-state index in [0.717, 1.165) is 41.5 Å². The van der Waals surface area contributed by atoms with Crippen molar-refractivity contribution in [3.8, 4) is 16.9 Å². The number of rotatable bonds is 10. The lowest BCUT2D eigenvalue weighted by atomic mass is 9.79. The Labute approximate surface area is 229 Å². The molecule has 2 aromatic carbocycles. The topological polar surface area (TPSA) is 106 Å². The number of phenolic OH excluding ortho intramolecular Hbond substituents is 1. The number of pyridine rings is 1. The van der Waals surface area contributed by atoms with Gasteiger partial charge in [-0.25, -0.2) is 0 Å². The number of nitrogens with zero attached hydrogens (tertiary/aromatic N) is 2. The molecule has 2 amide bonds. The molecule has 1 aromatic heterocycles. The van der Waals surface area contributed by atoms with Crippen LogP contribution in [0.15, 0.2) is 67.0 Å². The first-order valence-electron chi connectivity index (χ1n) is 13.5. The van der Waals surface area contributed by atoms with Gasteiger partial charge in [-0.15, -0.1) is 0 Å². The average molecular weight is 532 g/mol. The van der Waals surface area contributed by atoms with Crippen LogP contribution in [0.4, 0.5) is 0 Å². The van der Waals surface area contributed by atoms with E-state index in [0.29, 0.717) is 49.6 Å². The summed E-state index contributed by atoms with van der Waals surface area (Å²) in [5.74, 6) is 0.150. The number of morpholine rings is 1. The van der Waals surface area contributed by atoms with Crippen molar-refractivity contribution in [3.63, 3.8) is 0 Å². The summed E-state index contributed by atoms with van der Waals surface area (Å²) in [6.45, 7) is 7.26. The van der Waals surface area contributed by atoms with Crippen molar-refractivity contribution in [3.05, 3.63) is 88.9 Å². The molecule has 0 atom stereocenters. The average Bonchev–Trinajstić information content (AvgIpc) is 2.95. The smallest absolute Gasteiger partial charge is 0.252 e. The number of carbonyl (C=O) groups is 2. The molecule has 2 heterocycles. The molecule has 0 spiro atoms. The molecule has 1 aliphatic heterocycles. The van der Waals surface area contributed by atoms with Crippen molar-refractivity contribution in [2.24, 2.45) is 0 Å². The van der Waals surface area contributed by atoms with Gasteiger partial charge in [0.2, 0.25) is 5.91 Å². The maximum absolute atomic E-state index is 12.4. The van der Waals surface area contributed by atoms with E-state index in [-0.39, 0.29) is 23.0 Å². The number of nitrogens with one attached hydrogen (secondary N) is 1. The van der Waals surface area contributed by atoms with Crippen LogP contribution < -0.4 is 10.0 Å². The van der Waals surface area contributed by atoms with Crippen molar-refractivity contribution in [2.45, 2.75) is 51.5 Å². The summed E-state index contributed by atoms with van der Waals surface area (Å²) < 4.78 is 5.95. The number of unbranched alkanes of at least 4 members (excludes halogenated alkanes) is 1. The number of ether oxygens (including phenoxy) is 1. The van der Waals surface area contributed by atoms with Gasteiger partial charge in [0.05, 0.1) is 18.8 Å². The fraction of sp³-hybridized carbons (Fsp3) is 0.387. The number of phenols is 1. The van der Waals surface area contributed by atoms with Crippen LogP contribution in [0.5, 0.6) is 5.75 Å². The van der Waals surface area contributed by atoms with Crippen LogP contribution in [0.2, 0.25) is 0 Å². The zero-order valence-electron chi connectivity index (χ0n) is 22.7. The molecule has 206 valence electrons. The lowest BCUT2D eigenvalue weighted by molar-refractivity contribution is -0.605. The van der Waals surface area contributed by atoms with Gasteiger partial charge < -0.3 is 25.3 Å². The number of amides is 2. The third-order valence-corrected chi connectivity index (χ3v) is 7.34. The number of hydrogen-bond donors (Lipinski definition) is 2. The van der Waals surface area contributed by atoms with Gasteiger partial charge in [0.25, 0.3) is 5.91 Å². The summed E-state index contributed by atoms with van der Waals surface area (Å²) >= 11 is 0. The molecule has 3 aromatic rings. The largest absolute Gasteiger partial charge is 0.619 e. The summed E-state index contributed by atoms with van der Waals surface area (Å²) in [7, 11) is 0. The van der Waals surface area contributed by atoms with Crippen LogP contribution in [-0.4, -0.2) is 48.1 Å². The normalized spacial score (nSPS) is 13.7. The minimum atomic E-state index is -0.263. The molecule has 0 radical (unpaired) electrons. The van der Waals surface area contributed by atoms with Crippen molar-refractivity contribution >= 4 is 11.8 Å². The molecule has 0 aliphatic carbocycles. The van der Waals surface area contributed by atoms with Crippen LogP contribution in [0.25, 0.3) is 11.1 Å². The number of hydrogen-bond acceptors (Lipinski definition) is 5. The van der Waals surface area contributed by atoms with Gasteiger partial charge in [0, 0.05) is 43.8 Å². The second-order valence-corrected chi connectivity index (χ2v) is 10.6. The van der Waals surface area contributed by atoms with Gasteiger partial charge in [-0.3, -0.25) is 9.59 Å². The molecular formula is C31H37N3O5. The zero-order chi connectivity index (χ0) is 27.8. The maximum atomic E-state index is 12.4. The third kappa shape index (κ3) is 7.57. The third-order valence-electron chi connectivity index (χ3n) is 7.34. The highest BCUT2D eigenvalue weighted by molar-refractivity contribution is 5.93. The van der Waals surface area contributed by atoms with Gasteiger partial charge in [-0.1, -0.05) is 50.6 Å². The first kappa shape index (κ1) is 28.1. The van der Waals surface area contributed by atoms with Crippen LogP contribution >= 0.6 is 0 Å². The number of carbonyl (C=O) groups excluding carboxylic acids is 2. The van der Waals surface area contributed by atoms with Crippen LogP contribution in [0.3, 0.4) is 0 Å². The van der Waals surface area contributed by atoms with E-state index in [9.17, 15) is 19.9 Å². The summed E-state index contributed by atoms with van der Waals surface area (Å²) in [5, 5.41) is 25.0. The predicted octanol–water partition coefficient (Wildman–Crippen LogP) is 4.32.